The summed E-state index contributed by atoms with van der Waals surface area (Å²) < 4.78 is 39.0. The van der Waals surface area contributed by atoms with Crippen LogP contribution in [0.25, 0.3) is 0 Å². The molecule has 0 spiro atoms. The third-order valence-corrected chi connectivity index (χ3v) is 5.69. The lowest BCUT2D eigenvalue weighted by Crippen LogP contribution is -2.40. The molecule has 0 aromatic heterocycles. The molecule has 0 fully saturated rings. The minimum atomic E-state index is -3.87. The highest BCUT2D eigenvalue weighted by Gasteiger charge is 2.30. The zero-order valence-electron chi connectivity index (χ0n) is 13.2. The van der Waals surface area contributed by atoms with E-state index in [-0.39, 0.29) is 10.7 Å². The number of rotatable bonds is 5. The van der Waals surface area contributed by atoms with Crippen molar-refractivity contribution < 1.29 is 17.6 Å². The quantitative estimate of drug-likeness (QED) is 0.789. The monoisotopic (exact) mass is 335 g/mol. The third kappa shape index (κ3) is 3.65. The molecule has 122 valence electrons. The summed E-state index contributed by atoms with van der Waals surface area (Å²) in [6.07, 6.45) is 0. The first kappa shape index (κ1) is 17.3. The van der Waals surface area contributed by atoms with Crippen LogP contribution >= 0.6 is 0 Å². The van der Waals surface area contributed by atoms with Crippen molar-refractivity contribution in [1.29, 1.82) is 0 Å². The first-order chi connectivity index (χ1) is 10.7. The molecule has 0 N–H and O–H groups in total. The van der Waals surface area contributed by atoms with Gasteiger partial charge in [0, 0.05) is 12.6 Å². The fourth-order valence-corrected chi connectivity index (χ4v) is 3.43. The van der Waals surface area contributed by atoms with Gasteiger partial charge in [0.05, 0.1) is 10.9 Å². The number of carbonyl (C=O) groups excluding carboxylic acids is 1. The van der Waals surface area contributed by atoms with Crippen molar-refractivity contribution in [2.75, 3.05) is 7.05 Å². The largest absolute Gasteiger partial charge is 0.292 e. The van der Waals surface area contributed by atoms with Crippen molar-refractivity contribution in [1.82, 2.24) is 4.31 Å². The Labute approximate surface area is 135 Å². The number of likely N-dealkylation sites (N-methyl/N-ethyl adjacent to an activating group) is 1. The fourth-order valence-electron chi connectivity index (χ4n) is 2.11. The van der Waals surface area contributed by atoms with Crippen LogP contribution in [0.4, 0.5) is 4.39 Å². The zero-order chi connectivity index (χ0) is 17.2. The maximum atomic E-state index is 13.0. The average molecular weight is 335 g/mol. The third-order valence-electron chi connectivity index (χ3n) is 3.75. The molecule has 2 rings (SSSR count). The second-order valence-corrected chi connectivity index (χ2v) is 7.38. The Morgan fingerprint density at radius 2 is 1.57 bits per heavy atom. The number of carbonyl (C=O) groups is 1. The molecule has 4 nitrogen and oxygen atoms in total. The Hall–Kier alpha value is -2.05. The molecule has 0 bridgehead atoms. The molecule has 23 heavy (non-hydrogen) atoms. The smallest absolute Gasteiger partial charge is 0.243 e. The first-order valence-electron chi connectivity index (χ1n) is 7.08. The summed E-state index contributed by atoms with van der Waals surface area (Å²) in [5, 5.41) is 0. The van der Waals surface area contributed by atoms with E-state index in [9.17, 15) is 17.6 Å². The lowest BCUT2D eigenvalue weighted by Gasteiger charge is -2.23. The molecule has 0 amide bonds. The van der Waals surface area contributed by atoms with Crippen molar-refractivity contribution in [2.24, 2.45) is 0 Å². The van der Waals surface area contributed by atoms with Gasteiger partial charge in [0.2, 0.25) is 10.0 Å². The van der Waals surface area contributed by atoms with Crippen molar-refractivity contribution in [3.05, 3.63) is 65.5 Å². The molecular weight excluding hydrogens is 317 g/mol. The van der Waals surface area contributed by atoms with Crippen LogP contribution in [-0.2, 0) is 10.0 Å². The van der Waals surface area contributed by atoms with Gasteiger partial charge >= 0.3 is 0 Å². The molecule has 0 heterocycles. The Morgan fingerprint density at radius 3 is 2.09 bits per heavy atom. The zero-order valence-corrected chi connectivity index (χ0v) is 14.0. The highest BCUT2D eigenvalue weighted by atomic mass is 32.2. The number of ketones is 1. The Morgan fingerprint density at radius 1 is 1.04 bits per heavy atom. The molecule has 0 saturated carbocycles. The number of benzene rings is 2. The SMILES string of the molecule is Cc1ccc(C(=O)C(C)N(C)S(=O)(=O)c2ccc(F)cc2)cc1. The number of sulfonamides is 1. The van der Waals surface area contributed by atoms with Gasteiger partial charge in [-0.05, 0) is 38.1 Å². The molecule has 0 aliphatic carbocycles. The summed E-state index contributed by atoms with van der Waals surface area (Å²) >= 11 is 0. The maximum Gasteiger partial charge on any atom is 0.243 e. The van der Waals surface area contributed by atoms with Crippen LogP contribution in [0.5, 0.6) is 0 Å². The standard InChI is InChI=1S/C17H18FNO3S/c1-12-4-6-14(7-5-12)17(20)13(2)19(3)23(21,22)16-10-8-15(18)9-11-16/h4-11,13H,1-3H3. The van der Waals surface area contributed by atoms with Crippen LogP contribution in [0.3, 0.4) is 0 Å². The lowest BCUT2D eigenvalue weighted by molar-refractivity contribution is 0.0919. The summed E-state index contributed by atoms with van der Waals surface area (Å²) in [4.78, 5) is 12.4. The van der Waals surface area contributed by atoms with Crippen LogP contribution in [0.1, 0.15) is 22.8 Å². The summed E-state index contributed by atoms with van der Waals surface area (Å²) in [6.45, 7) is 3.44. The molecule has 2 aromatic carbocycles. The molecular formula is C17H18FNO3S. The van der Waals surface area contributed by atoms with Gasteiger partial charge in [0.15, 0.2) is 5.78 Å². The van der Waals surface area contributed by atoms with Gasteiger partial charge < -0.3 is 0 Å². The second-order valence-electron chi connectivity index (χ2n) is 5.38. The van der Waals surface area contributed by atoms with E-state index in [0.29, 0.717) is 5.56 Å². The van der Waals surface area contributed by atoms with E-state index in [1.165, 1.54) is 26.1 Å². The van der Waals surface area contributed by atoms with Gasteiger partial charge in [-0.15, -0.1) is 0 Å². The Balaban J connectivity index is 2.27. The van der Waals surface area contributed by atoms with Crippen LogP contribution in [0, 0.1) is 12.7 Å². The summed E-state index contributed by atoms with van der Waals surface area (Å²) in [6, 6.07) is 10.6. The van der Waals surface area contributed by atoms with E-state index in [2.05, 4.69) is 0 Å². The van der Waals surface area contributed by atoms with Crippen molar-refractivity contribution in [3.8, 4) is 0 Å². The summed E-state index contributed by atoms with van der Waals surface area (Å²) in [7, 11) is -2.53. The molecule has 1 atom stereocenters. The summed E-state index contributed by atoms with van der Waals surface area (Å²) in [5.74, 6) is -0.812. The van der Waals surface area contributed by atoms with Gasteiger partial charge in [-0.2, -0.15) is 4.31 Å². The summed E-state index contributed by atoms with van der Waals surface area (Å²) in [5.41, 5.74) is 1.46. The maximum absolute atomic E-state index is 13.0. The van der Waals surface area contributed by atoms with Crippen molar-refractivity contribution in [2.45, 2.75) is 24.8 Å². The van der Waals surface area contributed by atoms with Gasteiger partial charge in [-0.1, -0.05) is 29.8 Å². The highest BCUT2D eigenvalue weighted by Crippen LogP contribution is 2.19. The number of nitrogens with zero attached hydrogens (tertiary/aromatic N) is 1. The second kappa shape index (κ2) is 6.60. The first-order valence-corrected chi connectivity index (χ1v) is 8.52. The topological polar surface area (TPSA) is 54.5 Å². The van der Waals surface area contributed by atoms with Crippen LogP contribution in [-0.4, -0.2) is 31.6 Å². The predicted molar refractivity (Wildman–Crippen MR) is 86.3 cm³/mol. The van der Waals surface area contributed by atoms with Crippen LogP contribution in [0.15, 0.2) is 53.4 Å². The number of hydrogen-bond acceptors (Lipinski definition) is 3. The number of Topliss-reactive ketones (excluding diaryl/α,β-unsaturated/α-hetero) is 1. The fraction of sp³-hybridized carbons (Fsp3) is 0.235. The Kier molecular flexibility index (Phi) is 4.97. The minimum absolute atomic E-state index is 0.0510. The molecule has 0 aliphatic rings. The molecule has 1 unspecified atom stereocenters. The van der Waals surface area contributed by atoms with Gasteiger partial charge in [0.25, 0.3) is 0 Å². The highest BCUT2D eigenvalue weighted by molar-refractivity contribution is 7.89. The van der Waals surface area contributed by atoms with Crippen molar-refractivity contribution in [3.63, 3.8) is 0 Å². The van der Waals surface area contributed by atoms with Crippen LogP contribution in [0.2, 0.25) is 0 Å². The van der Waals surface area contributed by atoms with E-state index in [0.717, 1.165) is 22.0 Å². The van der Waals surface area contributed by atoms with E-state index < -0.39 is 21.9 Å². The van der Waals surface area contributed by atoms with Gasteiger partial charge in [-0.3, -0.25) is 4.79 Å². The predicted octanol–water partition coefficient (Wildman–Crippen LogP) is 3.03. The van der Waals surface area contributed by atoms with Gasteiger partial charge in [-0.25, -0.2) is 12.8 Å². The van der Waals surface area contributed by atoms with E-state index in [1.54, 1.807) is 24.3 Å². The van der Waals surface area contributed by atoms with Crippen LogP contribution < -0.4 is 0 Å². The molecule has 0 aliphatic heterocycles. The minimum Gasteiger partial charge on any atom is -0.292 e. The number of aryl methyl sites for hydroxylation is 1. The number of hydrogen-bond donors (Lipinski definition) is 0. The molecule has 0 radical (unpaired) electrons. The van der Waals surface area contributed by atoms with E-state index in [1.807, 2.05) is 6.92 Å². The lowest BCUT2D eigenvalue weighted by atomic mass is 10.0. The van der Waals surface area contributed by atoms with E-state index in [4.69, 9.17) is 0 Å². The van der Waals surface area contributed by atoms with Gasteiger partial charge in [0.1, 0.15) is 5.82 Å². The molecule has 0 saturated heterocycles. The molecule has 6 heteroatoms. The normalized spacial score (nSPS) is 13.1. The van der Waals surface area contributed by atoms with E-state index >= 15 is 0 Å². The van der Waals surface area contributed by atoms with Crippen molar-refractivity contribution >= 4 is 15.8 Å². The molecule has 2 aromatic rings. The number of halogens is 1. The average Bonchev–Trinajstić information content (AvgIpc) is 2.54. The Bertz CT molecular complexity index is 799.